The Labute approximate surface area is 208 Å². The third kappa shape index (κ3) is 4.74. The molecule has 2 aliphatic heterocycles. The number of aromatic nitrogens is 1. The zero-order chi connectivity index (χ0) is 26.3. The fraction of sp³-hybridized carbons (Fsp3) is 0.462. The van der Waals surface area contributed by atoms with E-state index < -0.39 is 28.6 Å². The molecule has 1 unspecified atom stereocenters. The molecule has 7 nitrogen and oxygen atoms in total. The van der Waals surface area contributed by atoms with Gasteiger partial charge in [-0.3, -0.25) is 14.6 Å². The summed E-state index contributed by atoms with van der Waals surface area (Å²) in [5.41, 5.74) is -0.158. The lowest BCUT2D eigenvalue weighted by molar-refractivity contribution is -0.138. The van der Waals surface area contributed by atoms with E-state index >= 15 is 0 Å². The van der Waals surface area contributed by atoms with Crippen LogP contribution in [0.25, 0.3) is 0 Å². The number of aryl methyl sites for hydroxylation is 1. The number of pyridine rings is 1. The summed E-state index contributed by atoms with van der Waals surface area (Å²) in [4.78, 5) is 35.4. The van der Waals surface area contributed by atoms with Gasteiger partial charge in [0.2, 0.25) is 5.91 Å². The molecule has 0 N–H and O–H groups in total. The summed E-state index contributed by atoms with van der Waals surface area (Å²) in [6.45, 7) is 3.43. The van der Waals surface area contributed by atoms with E-state index in [0.29, 0.717) is 43.7 Å². The van der Waals surface area contributed by atoms with Gasteiger partial charge < -0.3 is 14.7 Å². The van der Waals surface area contributed by atoms with Crippen LogP contribution in [0, 0.1) is 29.6 Å². The van der Waals surface area contributed by atoms with Crippen LogP contribution in [0.1, 0.15) is 39.9 Å². The number of halogens is 3. The average molecular weight is 500 g/mol. The van der Waals surface area contributed by atoms with Gasteiger partial charge >= 0.3 is 6.18 Å². The van der Waals surface area contributed by atoms with Gasteiger partial charge in [0.05, 0.1) is 28.7 Å². The summed E-state index contributed by atoms with van der Waals surface area (Å²) in [7, 11) is 3.34. The number of piperidine rings is 1. The highest BCUT2D eigenvalue weighted by Gasteiger charge is 2.52. The van der Waals surface area contributed by atoms with Crippen molar-refractivity contribution in [1.82, 2.24) is 14.8 Å². The van der Waals surface area contributed by atoms with E-state index in [-0.39, 0.29) is 18.4 Å². The Bertz CT molecular complexity index is 1210. The number of hydrogen-bond acceptors (Lipinski definition) is 5. The summed E-state index contributed by atoms with van der Waals surface area (Å²) in [5, 5.41) is 9.13. The van der Waals surface area contributed by atoms with E-state index in [1.807, 2.05) is 11.8 Å². The minimum absolute atomic E-state index is 0.0788. The minimum atomic E-state index is -4.66. The Hall–Kier alpha value is -3.61. The molecule has 1 spiro atoms. The van der Waals surface area contributed by atoms with E-state index in [1.54, 1.807) is 43.5 Å². The van der Waals surface area contributed by atoms with Gasteiger partial charge in [0.25, 0.3) is 5.91 Å². The molecule has 2 fully saturated rings. The van der Waals surface area contributed by atoms with Crippen LogP contribution >= 0.6 is 0 Å². The third-order valence-electron chi connectivity index (χ3n) is 7.35. The molecule has 0 aliphatic carbocycles. The number of amides is 2. The van der Waals surface area contributed by atoms with Crippen molar-refractivity contribution in [2.24, 2.45) is 11.3 Å². The molecule has 0 radical (unpaired) electrons. The molecule has 2 saturated heterocycles. The maximum absolute atomic E-state index is 13.6. The molecule has 4 rings (SSSR count). The van der Waals surface area contributed by atoms with Gasteiger partial charge in [-0.25, -0.2) is 0 Å². The predicted molar refractivity (Wildman–Crippen MR) is 127 cm³/mol. The normalized spacial score (nSPS) is 19.3. The van der Waals surface area contributed by atoms with Gasteiger partial charge in [-0.15, -0.1) is 0 Å². The molecular weight excluding hydrogens is 471 g/mol. The van der Waals surface area contributed by atoms with Crippen LogP contribution in [0.15, 0.2) is 36.7 Å². The van der Waals surface area contributed by atoms with Gasteiger partial charge in [-0.1, -0.05) is 0 Å². The van der Waals surface area contributed by atoms with E-state index in [4.69, 9.17) is 5.26 Å². The van der Waals surface area contributed by atoms with Crippen LogP contribution in [0.3, 0.4) is 0 Å². The minimum Gasteiger partial charge on any atom is -0.370 e. The van der Waals surface area contributed by atoms with Crippen LogP contribution in [0.4, 0.5) is 18.9 Å². The van der Waals surface area contributed by atoms with E-state index in [2.05, 4.69) is 4.98 Å². The van der Waals surface area contributed by atoms with Crippen molar-refractivity contribution in [3.05, 3.63) is 58.9 Å². The second kappa shape index (κ2) is 9.45. The van der Waals surface area contributed by atoms with Gasteiger partial charge in [0, 0.05) is 63.8 Å². The Morgan fingerprint density at radius 1 is 1.17 bits per heavy atom. The molecule has 1 atom stereocenters. The smallest absolute Gasteiger partial charge is 0.370 e. The fourth-order valence-electron chi connectivity index (χ4n) is 5.39. The number of rotatable bonds is 3. The highest BCUT2D eigenvalue weighted by atomic mass is 19.4. The lowest BCUT2D eigenvalue weighted by Gasteiger charge is -2.42. The Kier molecular flexibility index (Phi) is 6.69. The van der Waals surface area contributed by atoms with Gasteiger partial charge in [0.1, 0.15) is 0 Å². The molecule has 1 aromatic carbocycles. The molecular formula is C26H28F3N5O2. The molecule has 2 aromatic rings. The van der Waals surface area contributed by atoms with Crippen molar-refractivity contribution in [3.8, 4) is 6.07 Å². The first-order chi connectivity index (χ1) is 16.9. The number of benzene rings is 1. The summed E-state index contributed by atoms with van der Waals surface area (Å²) >= 11 is 0. The number of hydrogen-bond donors (Lipinski definition) is 0. The number of nitrogens with zero attached hydrogens (tertiary/aromatic N) is 5. The van der Waals surface area contributed by atoms with Crippen molar-refractivity contribution in [2.45, 2.75) is 25.9 Å². The van der Waals surface area contributed by atoms with Gasteiger partial charge in [-0.2, -0.15) is 18.4 Å². The van der Waals surface area contributed by atoms with E-state index in [0.717, 1.165) is 11.6 Å². The first-order valence-corrected chi connectivity index (χ1v) is 11.7. The third-order valence-corrected chi connectivity index (χ3v) is 7.35. The average Bonchev–Trinajstić information content (AvgIpc) is 3.21. The quantitative estimate of drug-likeness (QED) is 0.643. The molecule has 36 heavy (non-hydrogen) atoms. The SMILES string of the molecule is Cc1cncc(C(=O)N2CCC3(CC2)CN(c2ccc(C#N)c(C(F)(F)F)c2)CC3C(=O)N(C)C)c1. The zero-order valence-corrected chi connectivity index (χ0v) is 20.5. The summed E-state index contributed by atoms with van der Waals surface area (Å²) in [6, 6.07) is 7.09. The number of anilines is 1. The Morgan fingerprint density at radius 3 is 2.44 bits per heavy atom. The summed E-state index contributed by atoms with van der Waals surface area (Å²) in [5.74, 6) is -0.617. The maximum atomic E-state index is 13.6. The van der Waals surface area contributed by atoms with E-state index in [9.17, 15) is 22.8 Å². The first kappa shape index (κ1) is 25.5. The van der Waals surface area contributed by atoms with Crippen molar-refractivity contribution in [1.29, 1.82) is 5.26 Å². The van der Waals surface area contributed by atoms with Crippen LogP contribution < -0.4 is 4.90 Å². The molecule has 0 saturated carbocycles. The number of carbonyl (C=O) groups is 2. The summed E-state index contributed by atoms with van der Waals surface area (Å²) < 4.78 is 40.7. The maximum Gasteiger partial charge on any atom is 0.417 e. The Morgan fingerprint density at radius 2 is 1.86 bits per heavy atom. The standard InChI is InChI=1S/C26H28F3N5O2/c1-17-10-19(14-31-13-17)23(35)33-8-6-25(7-9-33)16-34(15-22(25)24(36)32(2)3)20-5-4-18(12-30)21(11-20)26(27,28)29/h4-5,10-11,13-14,22H,6-9,15-16H2,1-3H3. The molecule has 3 heterocycles. The first-order valence-electron chi connectivity index (χ1n) is 11.7. The zero-order valence-electron chi connectivity index (χ0n) is 20.5. The molecule has 2 aliphatic rings. The second-order valence-corrected chi connectivity index (χ2v) is 9.91. The number of carbonyl (C=O) groups excluding carboxylic acids is 2. The molecule has 190 valence electrons. The predicted octanol–water partition coefficient (Wildman–Crippen LogP) is 3.73. The van der Waals surface area contributed by atoms with E-state index in [1.165, 1.54) is 17.0 Å². The fourth-order valence-corrected chi connectivity index (χ4v) is 5.39. The number of likely N-dealkylation sites (tertiary alicyclic amines) is 1. The van der Waals surface area contributed by atoms with Gasteiger partial charge in [0.15, 0.2) is 0 Å². The van der Waals surface area contributed by atoms with Crippen LogP contribution in [-0.4, -0.2) is 66.9 Å². The summed E-state index contributed by atoms with van der Waals surface area (Å²) in [6.07, 6.45) is -0.325. The molecule has 2 amide bonds. The van der Waals surface area contributed by atoms with Crippen molar-refractivity contribution < 1.29 is 22.8 Å². The Balaban J connectivity index is 1.60. The lowest BCUT2D eigenvalue weighted by Crippen LogP contribution is -2.49. The highest BCUT2D eigenvalue weighted by molar-refractivity contribution is 5.94. The van der Waals surface area contributed by atoms with Crippen molar-refractivity contribution in [2.75, 3.05) is 45.2 Å². The monoisotopic (exact) mass is 499 g/mol. The molecule has 1 aromatic heterocycles. The second-order valence-electron chi connectivity index (χ2n) is 9.91. The largest absolute Gasteiger partial charge is 0.417 e. The van der Waals surface area contributed by atoms with Crippen molar-refractivity contribution in [3.63, 3.8) is 0 Å². The lowest BCUT2D eigenvalue weighted by atomic mass is 9.70. The molecule has 10 heteroatoms. The van der Waals surface area contributed by atoms with Gasteiger partial charge in [-0.05, 0) is 49.6 Å². The van der Waals surface area contributed by atoms with Crippen LogP contribution in [-0.2, 0) is 11.0 Å². The van der Waals surface area contributed by atoms with Crippen LogP contribution in [0.5, 0.6) is 0 Å². The number of alkyl halides is 3. The molecule has 0 bridgehead atoms. The number of nitriles is 1. The topological polar surface area (TPSA) is 80.5 Å². The van der Waals surface area contributed by atoms with Crippen molar-refractivity contribution >= 4 is 17.5 Å². The highest BCUT2D eigenvalue weighted by Crippen LogP contribution is 2.47. The van der Waals surface area contributed by atoms with Crippen LogP contribution in [0.2, 0.25) is 0 Å².